The molecule has 0 radical (unpaired) electrons. The van der Waals surface area contributed by atoms with Gasteiger partial charge in [-0.25, -0.2) is 0 Å². The summed E-state index contributed by atoms with van der Waals surface area (Å²) in [5.74, 6) is 0. The van der Waals surface area contributed by atoms with Crippen LogP contribution in [-0.2, 0) is 6.42 Å². The molecule has 14 heavy (non-hydrogen) atoms. The lowest BCUT2D eigenvalue weighted by atomic mass is 10.1. The molecule has 2 aromatic rings. The van der Waals surface area contributed by atoms with E-state index in [0.29, 0.717) is 0 Å². The van der Waals surface area contributed by atoms with Crippen LogP contribution in [0.2, 0.25) is 5.02 Å². The van der Waals surface area contributed by atoms with E-state index in [1.165, 1.54) is 5.56 Å². The summed E-state index contributed by atoms with van der Waals surface area (Å²) in [5.41, 5.74) is 2.22. The minimum atomic E-state index is 0.756. The Morgan fingerprint density at radius 1 is 1.43 bits per heavy atom. The molecule has 2 rings (SSSR count). The first-order valence-electron chi connectivity index (χ1n) is 4.45. The Labute approximate surface area is 96.2 Å². The highest BCUT2D eigenvalue weighted by Gasteiger charge is 2.05. The zero-order valence-corrected chi connectivity index (χ0v) is 10.1. The molecule has 0 bridgehead atoms. The predicted molar refractivity (Wildman–Crippen MR) is 63.8 cm³/mol. The van der Waals surface area contributed by atoms with E-state index in [1.54, 1.807) is 6.20 Å². The van der Waals surface area contributed by atoms with Crippen LogP contribution in [0.25, 0.3) is 10.9 Å². The lowest BCUT2D eigenvalue weighted by molar-refractivity contribution is 1.14. The van der Waals surface area contributed by atoms with Crippen molar-refractivity contribution in [1.82, 2.24) is 4.98 Å². The minimum absolute atomic E-state index is 0.756. The van der Waals surface area contributed by atoms with E-state index in [9.17, 15) is 0 Å². The molecule has 0 saturated heterocycles. The predicted octanol–water partition coefficient (Wildman–Crippen LogP) is 4.21. The molecule has 1 heterocycles. The Hall–Kier alpha value is -0.600. The van der Waals surface area contributed by atoms with Gasteiger partial charge in [-0.1, -0.05) is 34.5 Å². The van der Waals surface area contributed by atoms with Gasteiger partial charge >= 0.3 is 0 Å². The van der Waals surface area contributed by atoms with Crippen LogP contribution in [0.1, 0.15) is 12.5 Å². The van der Waals surface area contributed by atoms with Gasteiger partial charge in [0.05, 0.1) is 10.5 Å². The van der Waals surface area contributed by atoms with Gasteiger partial charge in [0.1, 0.15) is 0 Å². The lowest BCUT2D eigenvalue weighted by Crippen LogP contribution is -1.88. The molecule has 0 atom stereocenters. The summed E-state index contributed by atoms with van der Waals surface area (Å²) in [7, 11) is 0. The van der Waals surface area contributed by atoms with Crippen LogP contribution in [0.5, 0.6) is 0 Å². The van der Waals surface area contributed by atoms with Crippen LogP contribution in [0.15, 0.2) is 28.9 Å². The molecule has 72 valence electrons. The van der Waals surface area contributed by atoms with Crippen molar-refractivity contribution in [1.29, 1.82) is 0 Å². The van der Waals surface area contributed by atoms with E-state index >= 15 is 0 Å². The normalized spacial score (nSPS) is 10.8. The molecular formula is C11H9BrClN. The Morgan fingerprint density at radius 2 is 2.21 bits per heavy atom. The minimum Gasteiger partial charge on any atom is -0.256 e. The van der Waals surface area contributed by atoms with Crippen molar-refractivity contribution in [2.24, 2.45) is 0 Å². The fourth-order valence-electron chi connectivity index (χ4n) is 1.53. The molecule has 0 aliphatic heterocycles. The number of rotatable bonds is 1. The molecule has 0 aliphatic rings. The number of fused-ring (bicyclic) bond motifs is 1. The fraction of sp³-hybridized carbons (Fsp3) is 0.182. The van der Waals surface area contributed by atoms with Gasteiger partial charge in [0.15, 0.2) is 0 Å². The van der Waals surface area contributed by atoms with Gasteiger partial charge in [0.2, 0.25) is 0 Å². The summed E-state index contributed by atoms with van der Waals surface area (Å²) in [6.45, 7) is 2.11. The highest BCUT2D eigenvalue weighted by molar-refractivity contribution is 9.10. The zero-order valence-electron chi connectivity index (χ0n) is 7.72. The Bertz CT molecular complexity index is 482. The third-order valence-corrected chi connectivity index (χ3v) is 3.00. The molecule has 0 saturated carbocycles. The van der Waals surface area contributed by atoms with E-state index in [1.807, 2.05) is 12.1 Å². The van der Waals surface area contributed by atoms with Gasteiger partial charge in [-0.2, -0.15) is 0 Å². The smallest absolute Gasteiger partial charge is 0.0749 e. The standard InChI is InChI=1S/C11H9BrClN/c1-2-7-5-8(12)6-9-10(13)3-4-14-11(7)9/h3-6H,2H2,1H3. The summed E-state index contributed by atoms with van der Waals surface area (Å²) < 4.78 is 1.05. The number of halogens is 2. The summed E-state index contributed by atoms with van der Waals surface area (Å²) >= 11 is 9.57. The molecule has 0 unspecified atom stereocenters. The van der Waals surface area contributed by atoms with Crippen molar-refractivity contribution in [2.45, 2.75) is 13.3 Å². The molecule has 1 nitrogen and oxygen atoms in total. The third-order valence-electron chi connectivity index (χ3n) is 2.22. The van der Waals surface area contributed by atoms with Gasteiger partial charge in [0.25, 0.3) is 0 Å². The van der Waals surface area contributed by atoms with Crippen molar-refractivity contribution in [3.63, 3.8) is 0 Å². The summed E-state index contributed by atoms with van der Waals surface area (Å²) in [6, 6.07) is 5.91. The average Bonchev–Trinajstić information content (AvgIpc) is 2.18. The highest BCUT2D eigenvalue weighted by atomic mass is 79.9. The Morgan fingerprint density at radius 3 is 2.93 bits per heavy atom. The molecular weight excluding hydrogens is 261 g/mol. The topological polar surface area (TPSA) is 12.9 Å². The number of pyridine rings is 1. The van der Waals surface area contributed by atoms with Crippen molar-refractivity contribution in [2.75, 3.05) is 0 Å². The highest BCUT2D eigenvalue weighted by Crippen LogP contribution is 2.28. The maximum atomic E-state index is 6.10. The third kappa shape index (κ3) is 1.64. The summed E-state index contributed by atoms with van der Waals surface area (Å²) in [5, 5.41) is 1.77. The van der Waals surface area contributed by atoms with Gasteiger partial charge in [-0.05, 0) is 30.2 Å². The fourth-order valence-corrected chi connectivity index (χ4v) is 2.23. The number of benzene rings is 1. The van der Waals surface area contributed by atoms with Crippen LogP contribution in [0.4, 0.5) is 0 Å². The van der Waals surface area contributed by atoms with Gasteiger partial charge in [0, 0.05) is 16.1 Å². The van der Waals surface area contributed by atoms with E-state index in [0.717, 1.165) is 26.8 Å². The van der Waals surface area contributed by atoms with Gasteiger partial charge in [-0.15, -0.1) is 0 Å². The molecule has 0 spiro atoms. The quantitative estimate of drug-likeness (QED) is 0.756. The molecule has 3 heteroatoms. The number of hydrogen-bond acceptors (Lipinski definition) is 1. The van der Waals surface area contributed by atoms with Crippen molar-refractivity contribution >= 4 is 38.4 Å². The summed E-state index contributed by atoms with van der Waals surface area (Å²) in [6.07, 6.45) is 2.71. The lowest BCUT2D eigenvalue weighted by Gasteiger charge is -2.05. The van der Waals surface area contributed by atoms with Crippen molar-refractivity contribution in [3.05, 3.63) is 39.5 Å². The second-order valence-electron chi connectivity index (χ2n) is 3.11. The molecule has 0 amide bonds. The maximum absolute atomic E-state index is 6.10. The first-order chi connectivity index (χ1) is 6.72. The van der Waals surface area contributed by atoms with Crippen molar-refractivity contribution in [3.8, 4) is 0 Å². The Balaban J connectivity index is 2.87. The van der Waals surface area contributed by atoms with E-state index < -0.39 is 0 Å². The van der Waals surface area contributed by atoms with Gasteiger partial charge in [-0.3, -0.25) is 4.98 Å². The SMILES string of the molecule is CCc1cc(Br)cc2c(Cl)ccnc12. The molecule has 1 aromatic heterocycles. The second-order valence-corrected chi connectivity index (χ2v) is 4.43. The molecule has 0 aliphatic carbocycles. The second kappa shape index (κ2) is 3.87. The number of nitrogens with zero attached hydrogens (tertiary/aromatic N) is 1. The van der Waals surface area contributed by atoms with Gasteiger partial charge < -0.3 is 0 Å². The first-order valence-corrected chi connectivity index (χ1v) is 5.62. The Kier molecular flexibility index (Phi) is 2.75. The monoisotopic (exact) mass is 269 g/mol. The van der Waals surface area contributed by atoms with Crippen LogP contribution >= 0.6 is 27.5 Å². The van der Waals surface area contributed by atoms with E-state index in [2.05, 4.69) is 33.9 Å². The molecule has 0 N–H and O–H groups in total. The van der Waals surface area contributed by atoms with Crippen LogP contribution in [0.3, 0.4) is 0 Å². The van der Waals surface area contributed by atoms with Crippen LogP contribution in [0, 0.1) is 0 Å². The summed E-state index contributed by atoms with van der Waals surface area (Å²) in [4.78, 5) is 4.35. The van der Waals surface area contributed by atoms with E-state index in [-0.39, 0.29) is 0 Å². The van der Waals surface area contributed by atoms with E-state index in [4.69, 9.17) is 11.6 Å². The number of aromatic nitrogens is 1. The maximum Gasteiger partial charge on any atom is 0.0749 e. The van der Waals surface area contributed by atoms with Crippen LogP contribution < -0.4 is 0 Å². The zero-order chi connectivity index (χ0) is 10.1. The largest absolute Gasteiger partial charge is 0.256 e. The molecule has 0 fully saturated rings. The van der Waals surface area contributed by atoms with Crippen molar-refractivity contribution < 1.29 is 0 Å². The van der Waals surface area contributed by atoms with Crippen LogP contribution in [-0.4, -0.2) is 4.98 Å². The number of aryl methyl sites for hydroxylation is 1. The number of hydrogen-bond donors (Lipinski definition) is 0. The average molecular weight is 271 g/mol. The first kappa shape index (κ1) is 9.94. The molecule has 1 aromatic carbocycles.